The molecule has 1 aromatic rings. The third kappa shape index (κ3) is 3.04. The summed E-state index contributed by atoms with van der Waals surface area (Å²) in [6.45, 7) is 4.03. The van der Waals surface area contributed by atoms with Crippen molar-refractivity contribution < 1.29 is 9.47 Å². The van der Waals surface area contributed by atoms with Crippen molar-refractivity contribution in [2.75, 3.05) is 33.5 Å². The molecule has 2 heterocycles. The van der Waals surface area contributed by atoms with Crippen LogP contribution in [0.1, 0.15) is 18.2 Å². The fourth-order valence-electron chi connectivity index (χ4n) is 1.80. The quantitative estimate of drug-likeness (QED) is 0.719. The molecule has 16 heavy (non-hydrogen) atoms. The summed E-state index contributed by atoms with van der Waals surface area (Å²) in [4.78, 5) is 0. The number of nitrogens with one attached hydrogen (secondary N) is 1. The lowest BCUT2D eigenvalue weighted by atomic mass is 10.3. The third-order valence-electron chi connectivity index (χ3n) is 2.73. The molecule has 2 rings (SSSR count). The van der Waals surface area contributed by atoms with Gasteiger partial charge in [-0.15, -0.1) is 0 Å². The predicted octanol–water partition coefficient (Wildman–Crippen LogP) is 0.580. The van der Waals surface area contributed by atoms with Crippen LogP contribution in [0.4, 0.5) is 0 Å². The highest BCUT2D eigenvalue weighted by molar-refractivity contribution is 4.99. The highest BCUT2D eigenvalue weighted by Gasteiger charge is 2.17. The first-order chi connectivity index (χ1) is 7.90. The maximum absolute atomic E-state index is 5.34. The van der Waals surface area contributed by atoms with Crippen LogP contribution in [0.15, 0.2) is 12.3 Å². The Balaban J connectivity index is 1.77. The Kier molecular flexibility index (Phi) is 4.33. The van der Waals surface area contributed by atoms with Crippen LogP contribution in [-0.4, -0.2) is 43.3 Å². The average Bonchev–Trinajstić information content (AvgIpc) is 2.94. The Morgan fingerprint density at radius 2 is 2.62 bits per heavy atom. The van der Waals surface area contributed by atoms with Crippen molar-refractivity contribution in [3.05, 3.63) is 18.0 Å². The highest BCUT2D eigenvalue weighted by Crippen LogP contribution is 2.17. The van der Waals surface area contributed by atoms with Crippen molar-refractivity contribution in [3.63, 3.8) is 0 Å². The lowest BCUT2D eigenvalue weighted by Gasteiger charge is -2.07. The van der Waals surface area contributed by atoms with Gasteiger partial charge in [0, 0.05) is 33.0 Å². The summed E-state index contributed by atoms with van der Waals surface area (Å²) in [7, 11) is 1.70. The van der Waals surface area contributed by atoms with E-state index in [1.54, 1.807) is 7.11 Å². The van der Waals surface area contributed by atoms with E-state index < -0.39 is 0 Å². The van der Waals surface area contributed by atoms with Gasteiger partial charge in [-0.05, 0) is 12.5 Å². The zero-order chi connectivity index (χ0) is 11.2. The van der Waals surface area contributed by atoms with Gasteiger partial charge in [-0.1, -0.05) is 0 Å². The van der Waals surface area contributed by atoms with Gasteiger partial charge in [0.25, 0.3) is 0 Å². The fraction of sp³-hybridized carbons (Fsp3) is 0.727. The van der Waals surface area contributed by atoms with E-state index in [2.05, 4.69) is 16.5 Å². The Hall–Kier alpha value is -0.910. The van der Waals surface area contributed by atoms with E-state index in [-0.39, 0.29) is 0 Å². The van der Waals surface area contributed by atoms with Crippen molar-refractivity contribution in [2.45, 2.75) is 19.0 Å². The largest absolute Gasteiger partial charge is 0.383 e. The first-order valence-corrected chi connectivity index (χ1v) is 5.71. The molecular weight excluding hydrogens is 206 g/mol. The number of hydrogen-bond acceptors (Lipinski definition) is 4. The van der Waals surface area contributed by atoms with E-state index in [1.165, 1.54) is 0 Å². The van der Waals surface area contributed by atoms with Crippen LogP contribution >= 0.6 is 0 Å². The van der Waals surface area contributed by atoms with Crippen LogP contribution in [0, 0.1) is 0 Å². The normalized spacial score (nSPS) is 20.4. The maximum Gasteiger partial charge on any atom is 0.0774 e. The number of nitrogens with zero attached hydrogens (tertiary/aromatic N) is 2. The van der Waals surface area contributed by atoms with Crippen molar-refractivity contribution in [3.8, 4) is 0 Å². The lowest BCUT2D eigenvalue weighted by Crippen LogP contribution is -2.19. The molecule has 1 atom stereocenters. The highest BCUT2D eigenvalue weighted by atomic mass is 16.5. The summed E-state index contributed by atoms with van der Waals surface area (Å²) in [6.07, 6.45) is 3.10. The molecule has 0 bridgehead atoms. The summed E-state index contributed by atoms with van der Waals surface area (Å²) in [5.41, 5.74) is 1.07. The summed E-state index contributed by atoms with van der Waals surface area (Å²) < 4.78 is 12.3. The average molecular weight is 225 g/mol. The molecule has 0 spiro atoms. The van der Waals surface area contributed by atoms with E-state index in [1.807, 2.05) is 10.9 Å². The van der Waals surface area contributed by atoms with Gasteiger partial charge in [0.05, 0.1) is 24.9 Å². The van der Waals surface area contributed by atoms with Crippen molar-refractivity contribution in [2.24, 2.45) is 0 Å². The van der Waals surface area contributed by atoms with Crippen molar-refractivity contribution in [1.29, 1.82) is 0 Å². The molecule has 0 aromatic carbocycles. The first kappa shape index (κ1) is 11.6. The SMILES string of the molecule is COCCNCc1ccn(C2CCOC2)n1. The molecule has 1 fully saturated rings. The van der Waals surface area contributed by atoms with Gasteiger partial charge >= 0.3 is 0 Å². The maximum atomic E-state index is 5.34. The van der Waals surface area contributed by atoms with Crippen molar-refractivity contribution >= 4 is 0 Å². The van der Waals surface area contributed by atoms with Gasteiger partial charge in [0.2, 0.25) is 0 Å². The van der Waals surface area contributed by atoms with Crippen molar-refractivity contribution in [1.82, 2.24) is 15.1 Å². The van der Waals surface area contributed by atoms with Gasteiger partial charge < -0.3 is 14.8 Å². The Labute approximate surface area is 95.7 Å². The molecule has 0 saturated carbocycles. The minimum absolute atomic E-state index is 0.424. The van der Waals surface area contributed by atoms with Gasteiger partial charge in [-0.25, -0.2) is 0 Å². The minimum Gasteiger partial charge on any atom is -0.383 e. The molecule has 1 unspecified atom stereocenters. The summed E-state index contributed by atoms with van der Waals surface area (Å²) in [5.74, 6) is 0. The van der Waals surface area contributed by atoms with Crippen LogP contribution in [0.3, 0.4) is 0 Å². The van der Waals surface area contributed by atoms with E-state index >= 15 is 0 Å². The number of hydrogen-bond donors (Lipinski definition) is 1. The molecule has 1 aromatic heterocycles. The Bertz CT molecular complexity index is 308. The molecule has 0 aliphatic carbocycles. The molecule has 5 nitrogen and oxygen atoms in total. The summed E-state index contributed by atoms with van der Waals surface area (Å²) in [6, 6.07) is 2.48. The topological polar surface area (TPSA) is 48.3 Å². The van der Waals surface area contributed by atoms with E-state index in [4.69, 9.17) is 9.47 Å². The lowest BCUT2D eigenvalue weighted by molar-refractivity contribution is 0.184. The minimum atomic E-state index is 0.424. The molecule has 1 aliphatic heterocycles. The van der Waals surface area contributed by atoms with Gasteiger partial charge in [-0.3, -0.25) is 4.68 Å². The number of aromatic nitrogens is 2. The number of methoxy groups -OCH3 is 1. The van der Waals surface area contributed by atoms with Crippen LogP contribution in [-0.2, 0) is 16.0 Å². The van der Waals surface area contributed by atoms with E-state index in [0.717, 1.165) is 45.0 Å². The van der Waals surface area contributed by atoms with Crippen LogP contribution < -0.4 is 5.32 Å². The standard InChI is InChI=1S/C11H19N3O2/c1-15-7-4-12-8-10-2-5-14(13-10)11-3-6-16-9-11/h2,5,11-12H,3-4,6-9H2,1H3. The smallest absolute Gasteiger partial charge is 0.0774 e. The Morgan fingerprint density at radius 3 is 3.38 bits per heavy atom. The van der Waals surface area contributed by atoms with Gasteiger partial charge in [-0.2, -0.15) is 5.10 Å². The molecule has 90 valence electrons. The molecule has 5 heteroatoms. The zero-order valence-electron chi connectivity index (χ0n) is 9.69. The fourth-order valence-corrected chi connectivity index (χ4v) is 1.80. The molecule has 1 aliphatic rings. The second-order valence-corrected chi connectivity index (χ2v) is 3.97. The van der Waals surface area contributed by atoms with Gasteiger partial charge in [0.1, 0.15) is 0 Å². The number of ether oxygens (including phenoxy) is 2. The van der Waals surface area contributed by atoms with Gasteiger partial charge in [0.15, 0.2) is 0 Å². The second-order valence-electron chi connectivity index (χ2n) is 3.97. The van der Waals surface area contributed by atoms with Crippen LogP contribution in [0.2, 0.25) is 0 Å². The first-order valence-electron chi connectivity index (χ1n) is 5.71. The Morgan fingerprint density at radius 1 is 1.69 bits per heavy atom. The van der Waals surface area contributed by atoms with Crippen LogP contribution in [0.5, 0.6) is 0 Å². The molecule has 1 N–H and O–H groups in total. The summed E-state index contributed by atoms with van der Waals surface area (Å²) in [5, 5.41) is 7.80. The van der Waals surface area contributed by atoms with Crippen LogP contribution in [0.25, 0.3) is 0 Å². The summed E-state index contributed by atoms with van der Waals surface area (Å²) >= 11 is 0. The molecular formula is C11H19N3O2. The zero-order valence-corrected chi connectivity index (χ0v) is 9.69. The molecule has 1 saturated heterocycles. The second kappa shape index (κ2) is 5.98. The molecule has 0 radical (unpaired) electrons. The van der Waals surface area contributed by atoms with E-state index in [0.29, 0.717) is 6.04 Å². The predicted molar refractivity (Wildman–Crippen MR) is 60.3 cm³/mol. The number of rotatable bonds is 6. The van der Waals surface area contributed by atoms with E-state index in [9.17, 15) is 0 Å². The molecule has 0 amide bonds. The monoisotopic (exact) mass is 225 g/mol. The third-order valence-corrected chi connectivity index (χ3v) is 2.73.